The summed E-state index contributed by atoms with van der Waals surface area (Å²) in [4.78, 5) is 11.8. The van der Waals surface area contributed by atoms with Crippen molar-refractivity contribution in [1.82, 2.24) is 5.32 Å². The number of hydrogen-bond acceptors (Lipinski definition) is 3. The van der Waals surface area contributed by atoms with Crippen LogP contribution in [0.15, 0.2) is 29.2 Å². The lowest BCUT2D eigenvalue weighted by molar-refractivity contribution is -0.139. The quantitative estimate of drug-likeness (QED) is 0.752. The lowest BCUT2D eigenvalue weighted by Crippen LogP contribution is -2.33. The van der Waals surface area contributed by atoms with Crippen LogP contribution < -0.4 is 5.32 Å². The molecule has 0 fully saturated rings. The van der Waals surface area contributed by atoms with Crippen LogP contribution in [0.3, 0.4) is 0 Å². The lowest BCUT2D eigenvalue weighted by Gasteiger charge is -2.09. The number of rotatable bonds is 5. The topological polar surface area (TPSA) is 49.3 Å². The Bertz CT molecular complexity index is 324. The van der Waals surface area contributed by atoms with Gasteiger partial charge in [0, 0.05) is 11.4 Å². The third kappa shape index (κ3) is 3.93. The van der Waals surface area contributed by atoms with Crippen molar-refractivity contribution in [3.05, 3.63) is 29.8 Å². The summed E-state index contributed by atoms with van der Waals surface area (Å²) in [6, 6.07) is 7.58. The van der Waals surface area contributed by atoms with Crippen molar-refractivity contribution in [2.24, 2.45) is 0 Å². The number of benzene rings is 1. The first-order chi connectivity index (χ1) is 7.13. The Morgan fingerprint density at radius 3 is 2.53 bits per heavy atom. The van der Waals surface area contributed by atoms with Gasteiger partial charge in [0.05, 0.1) is 0 Å². The van der Waals surface area contributed by atoms with Crippen LogP contribution in [0.1, 0.15) is 12.5 Å². The van der Waals surface area contributed by atoms with Gasteiger partial charge >= 0.3 is 5.97 Å². The molecular weight excluding hydrogens is 210 g/mol. The van der Waals surface area contributed by atoms with E-state index in [9.17, 15) is 4.79 Å². The molecule has 0 bridgehead atoms. The van der Waals surface area contributed by atoms with E-state index in [1.165, 1.54) is 4.90 Å². The Labute approximate surface area is 93.9 Å². The fourth-order valence-electron chi connectivity index (χ4n) is 1.10. The SMILES string of the molecule is CSc1ccc(CN[C@@H](C)C(=O)O)cc1. The van der Waals surface area contributed by atoms with Crippen molar-refractivity contribution in [1.29, 1.82) is 0 Å². The van der Waals surface area contributed by atoms with Crippen LogP contribution in [0.2, 0.25) is 0 Å². The minimum absolute atomic E-state index is 0.509. The van der Waals surface area contributed by atoms with E-state index in [1.807, 2.05) is 30.5 Å². The highest BCUT2D eigenvalue weighted by molar-refractivity contribution is 7.98. The van der Waals surface area contributed by atoms with E-state index in [0.717, 1.165) is 5.56 Å². The average Bonchev–Trinajstić information content (AvgIpc) is 2.26. The molecule has 0 saturated carbocycles. The molecule has 0 spiro atoms. The predicted octanol–water partition coefficient (Wildman–Crippen LogP) is 1.97. The summed E-state index contributed by atoms with van der Waals surface area (Å²) >= 11 is 1.69. The van der Waals surface area contributed by atoms with Gasteiger partial charge in [-0.25, -0.2) is 0 Å². The number of thioether (sulfide) groups is 1. The zero-order chi connectivity index (χ0) is 11.3. The van der Waals surface area contributed by atoms with Crippen LogP contribution in [0.4, 0.5) is 0 Å². The molecule has 0 saturated heterocycles. The third-order valence-corrected chi connectivity index (χ3v) is 2.89. The highest BCUT2D eigenvalue weighted by Gasteiger charge is 2.08. The zero-order valence-corrected chi connectivity index (χ0v) is 9.67. The molecule has 1 rings (SSSR count). The van der Waals surface area contributed by atoms with Gasteiger partial charge in [0.25, 0.3) is 0 Å². The van der Waals surface area contributed by atoms with Crippen LogP contribution in [0.25, 0.3) is 0 Å². The van der Waals surface area contributed by atoms with Gasteiger partial charge in [-0.2, -0.15) is 0 Å². The van der Waals surface area contributed by atoms with E-state index in [4.69, 9.17) is 5.11 Å². The van der Waals surface area contributed by atoms with Crippen molar-refractivity contribution < 1.29 is 9.90 Å². The zero-order valence-electron chi connectivity index (χ0n) is 8.86. The number of carboxylic acid groups (broad SMARTS) is 1. The number of nitrogens with one attached hydrogen (secondary N) is 1. The van der Waals surface area contributed by atoms with Crippen molar-refractivity contribution in [2.75, 3.05) is 6.26 Å². The highest BCUT2D eigenvalue weighted by atomic mass is 32.2. The third-order valence-electron chi connectivity index (χ3n) is 2.14. The van der Waals surface area contributed by atoms with Crippen molar-refractivity contribution >= 4 is 17.7 Å². The number of carbonyl (C=O) groups is 1. The molecule has 3 nitrogen and oxygen atoms in total. The molecule has 0 amide bonds. The van der Waals surface area contributed by atoms with Crippen LogP contribution in [0.5, 0.6) is 0 Å². The maximum atomic E-state index is 10.6. The Morgan fingerprint density at radius 2 is 2.07 bits per heavy atom. The first kappa shape index (κ1) is 12.1. The summed E-state index contributed by atoms with van der Waals surface area (Å²) in [6.45, 7) is 2.22. The predicted molar refractivity (Wildman–Crippen MR) is 62.2 cm³/mol. The Balaban J connectivity index is 2.47. The summed E-state index contributed by atoms with van der Waals surface area (Å²) in [5, 5.41) is 11.6. The van der Waals surface area contributed by atoms with Crippen molar-refractivity contribution in [3.63, 3.8) is 0 Å². The van der Waals surface area contributed by atoms with Gasteiger partial charge < -0.3 is 10.4 Å². The fraction of sp³-hybridized carbons (Fsp3) is 0.364. The van der Waals surface area contributed by atoms with E-state index in [1.54, 1.807) is 18.7 Å². The maximum absolute atomic E-state index is 10.6. The van der Waals surface area contributed by atoms with E-state index in [-0.39, 0.29) is 0 Å². The minimum atomic E-state index is -0.823. The smallest absolute Gasteiger partial charge is 0.320 e. The minimum Gasteiger partial charge on any atom is -0.480 e. The molecule has 1 aromatic rings. The molecular formula is C11H15NO2S. The summed E-state index contributed by atoms with van der Waals surface area (Å²) < 4.78 is 0. The fourth-order valence-corrected chi connectivity index (χ4v) is 1.51. The van der Waals surface area contributed by atoms with Crippen molar-refractivity contribution in [2.45, 2.75) is 24.4 Å². The molecule has 0 aliphatic rings. The van der Waals surface area contributed by atoms with Gasteiger partial charge in [-0.05, 0) is 30.9 Å². The maximum Gasteiger partial charge on any atom is 0.320 e. The number of hydrogen-bond donors (Lipinski definition) is 2. The lowest BCUT2D eigenvalue weighted by atomic mass is 10.2. The van der Waals surface area contributed by atoms with Gasteiger partial charge in [-0.3, -0.25) is 4.79 Å². The normalized spacial score (nSPS) is 12.4. The van der Waals surface area contributed by atoms with Crippen molar-refractivity contribution in [3.8, 4) is 0 Å². The molecule has 0 aliphatic carbocycles. The summed E-state index contributed by atoms with van der Waals surface area (Å²) in [6.07, 6.45) is 2.03. The van der Waals surface area contributed by atoms with E-state index in [0.29, 0.717) is 6.54 Å². The van der Waals surface area contributed by atoms with Crippen LogP contribution >= 0.6 is 11.8 Å². The largest absolute Gasteiger partial charge is 0.480 e. The Hall–Kier alpha value is -1.00. The molecule has 0 unspecified atom stereocenters. The first-order valence-electron chi connectivity index (χ1n) is 4.72. The second-order valence-corrected chi connectivity index (χ2v) is 4.17. The molecule has 0 radical (unpaired) electrons. The molecule has 0 aliphatic heterocycles. The molecule has 0 aromatic heterocycles. The second kappa shape index (κ2) is 5.78. The Kier molecular flexibility index (Phi) is 4.65. The molecule has 15 heavy (non-hydrogen) atoms. The monoisotopic (exact) mass is 225 g/mol. The van der Waals surface area contributed by atoms with Gasteiger partial charge in [0.15, 0.2) is 0 Å². The molecule has 2 N–H and O–H groups in total. The van der Waals surface area contributed by atoms with E-state index in [2.05, 4.69) is 5.32 Å². The van der Waals surface area contributed by atoms with Gasteiger partial charge in [0.1, 0.15) is 6.04 Å². The van der Waals surface area contributed by atoms with Crippen LogP contribution in [-0.4, -0.2) is 23.4 Å². The summed E-state index contributed by atoms with van der Waals surface area (Å²) in [5.41, 5.74) is 1.10. The molecule has 1 atom stereocenters. The molecule has 1 aromatic carbocycles. The van der Waals surface area contributed by atoms with Gasteiger partial charge in [0.2, 0.25) is 0 Å². The van der Waals surface area contributed by atoms with Crippen LogP contribution in [0, 0.1) is 0 Å². The van der Waals surface area contributed by atoms with Crippen LogP contribution in [-0.2, 0) is 11.3 Å². The highest BCUT2D eigenvalue weighted by Crippen LogP contribution is 2.14. The first-order valence-corrected chi connectivity index (χ1v) is 5.95. The number of aliphatic carboxylic acids is 1. The summed E-state index contributed by atoms with van der Waals surface area (Å²) in [7, 11) is 0. The molecule has 82 valence electrons. The van der Waals surface area contributed by atoms with E-state index >= 15 is 0 Å². The van der Waals surface area contributed by atoms with Gasteiger partial charge in [-0.1, -0.05) is 12.1 Å². The van der Waals surface area contributed by atoms with E-state index < -0.39 is 12.0 Å². The summed E-state index contributed by atoms with van der Waals surface area (Å²) in [5.74, 6) is -0.823. The van der Waals surface area contributed by atoms with Gasteiger partial charge in [-0.15, -0.1) is 11.8 Å². The average molecular weight is 225 g/mol. The number of carboxylic acids is 1. The Morgan fingerprint density at radius 1 is 1.47 bits per heavy atom. The second-order valence-electron chi connectivity index (χ2n) is 3.29. The molecule has 0 heterocycles. The standard InChI is InChI=1S/C11H15NO2S/c1-8(11(13)14)12-7-9-3-5-10(15-2)6-4-9/h3-6,8,12H,7H2,1-2H3,(H,13,14)/t8-/m0/s1. The molecule has 4 heteroatoms.